The molecule has 1 aromatic carbocycles. The molecule has 2 aromatic heterocycles. The Morgan fingerprint density at radius 3 is 2.79 bits per heavy atom. The first kappa shape index (κ1) is 17.9. The lowest BCUT2D eigenvalue weighted by Gasteiger charge is -2.22. The monoisotopic (exact) mass is 378 g/mol. The van der Waals surface area contributed by atoms with Gasteiger partial charge < -0.3 is 10.6 Å². The molecule has 1 fully saturated rings. The number of carbonyl (C=O) groups is 1. The molecule has 0 saturated carbocycles. The van der Waals surface area contributed by atoms with Crippen LogP contribution in [0.3, 0.4) is 0 Å². The highest BCUT2D eigenvalue weighted by Crippen LogP contribution is 2.39. The summed E-state index contributed by atoms with van der Waals surface area (Å²) in [5.41, 5.74) is 8.84. The Morgan fingerprint density at radius 1 is 1.36 bits per heavy atom. The zero-order valence-corrected chi connectivity index (χ0v) is 15.6. The zero-order chi connectivity index (χ0) is 20.0. The summed E-state index contributed by atoms with van der Waals surface area (Å²) in [6.07, 6.45) is 5.09. The van der Waals surface area contributed by atoms with Crippen LogP contribution in [0.15, 0.2) is 30.7 Å². The number of hydrogen-bond acceptors (Lipinski definition) is 5. The predicted octanol–water partition coefficient (Wildman–Crippen LogP) is 1.99. The number of nitrogens with zero attached hydrogens (tertiary/aromatic N) is 5. The number of fused-ring (bicyclic) bond motifs is 1. The fourth-order valence-electron chi connectivity index (χ4n) is 4.09. The number of benzene rings is 1. The summed E-state index contributed by atoms with van der Waals surface area (Å²) in [5.74, 6) is -1.39. The molecule has 142 valence electrons. The van der Waals surface area contributed by atoms with Crippen LogP contribution in [-0.4, -0.2) is 33.8 Å². The Kier molecular flexibility index (Phi) is 4.23. The number of aromatic nitrogens is 3. The van der Waals surface area contributed by atoms with E-state index in [9.17, 15) is 14.4 Å². The second kappa shape index (κ2) is 6.60. The molecule has 1 amide bonds. The fraction of sp³-hybridized carbons (Fsp3) is 0.300. The number of carbonyl (C=O) groups excluding carboxylic acids is 1. The minimum atomic E-state index is -0.436. The molecule has 1 aliphatic rings. The van der Waals surface area contributed by atoms with E-state index in [2.05, 4.69) is 16.2 Å². The lowest BCUT2D eigenvalue weighted by Crippen LogP contribution is -2.29. The summed E-state index contributed by atoms with van der Waals surface area (Å²) in [7, 11) is 1.81. The maximum atomic E-state index is 14.1. The lowest BCUT2D eigenvalue weighted by atomic mass is 9.90. The number of nitriles is 1. The van der Waals surface area contributed by atoms with Crippen LogP contribution >= 0.6 is 0 Å². The van der Waals surface area contributed by atoms with Crippen molar-refractivity contribution >= 4 is 22.5 Å². The van der Waals surface area contributed by atoms with E-state index in [0.717, 1.165) is 5.56 Å². The largest absolute Gasteiger partial charge is 0.369 e. The summed E-state index contributed by atoms with van der Waals surface area (Å²) in [6.45, 7) is 2.60. The van der Waals surface area contributed by atoms with Crippen molar-refractivity contribution in [3.05, 3.63) is 53.2 Å². The Labute approximate surface area is 161 Å². The molecule has 0 spiro atoms. The molecule has 3 aromatic rings. The normalized spacial score (nSPS) is 19.1. The van der Waals surface area contributed by atoms with Gasteiger partial charge in [0, 0.05) is 43.8 Å². The van der Waals surface area contributed by atoms with Crippen molar-refractivity contribution < 1.29 is 9.18 Å². The molecule has 0 bridgehead atoms. The molecule has 1 aliphatic heterocycles. The van der Waals surface area contributed by atoms with E-state index >= 15 is 0 Å². The first-order chi connectivity index (χ1) is 13.4. The molecule has 2 N–H and O–H groups in total. The van der Waals surface area contributed by atoms with Crippen LogP contribution in [0.2, 0.25) is 0 Å². The van der Waals surface area contributed by atoms with Crippen LogP contribution in [0.1, 0.15) is 22.6 Å². The third kappa shape index (κ3) is 2.85. The summed E-state index contributed by atoms with van der Waals surface area (Å²) >= 11 is 0. The van der Waals surface area contributed by atoms with Gasteiger partial charge in [-0.05, 0) is 30.2 Å². The van der Waals surface area contributed by atoms with Crippen molar-refractivity contribution in [3.63, 3.8) is 0 Å². The molecule has 1 saturated heterocycles. The number of amides is 1. The second-order valence-electron chi connectivity index (χ2n) is 7.22. The molecular weight excluding hydrogens is 359 g/mol. The Bertz CT molecular complexity index is 1130. The maximum Gasteiger partial charge on any atom is 0.223 e. The van der Waals surface area contributed by atoms with E-state index in [1.807, 2.05) is 18.1 Å². The van der Waals surface area contributed by atoms with Gasteiger partial charge in [-0.2, -0.15) is 10.4 Å². The summed E-state index contributed by atoms with van der Waals surface area (Å²) in [5, 5.41) is 14.4. The van der Waals surface area contributed by atoms with Crippen LogP contribution in [-0.2, 0) is 11.8 Å². The van der Waals surface area contributed by atoms with Crippen molar-refractivity contribution in [2.24, 2.45) is 18.7 Å². The Hall–Kier alpha value is -3.47. The number of halogens is 1. The fourth-order valence-corrected chi connectivity index (χ4v) is 4.09. The number of pyridine rings is 1. The standard InChI is InChI=1S/C20H19FN6O/c1-11-3-14(21)4-15-18(11)24-6-12(5-22)19(15)27-9-16(17(10-27)20(23)28)13-7-25-26(2)8-13/h3-4,6-8,16-17H,9-10H2,1-2H3,(H2,23,28)/t16-,17+/m1/s1. The SMILES string of the molecule is Cc1cc(F)cc2c(N3C[C@H](C(N)=O)[C@@H](c4cnn(C)c4)C3)c(C#N)cnc12. The van der Waals surface area contributed by atoms with Gasteiger partial charge in [0.2, 0.25) is 5.91 Å². The van der Waals surface area contributed by atoms with Crippen LogP contribution in [0.25, 0.3) is 10.9 Å². The van der Waals surface area contributed by atoms with Gasteiger partial charge in [-0.15, -0.1) is 0 Å². The van der Waals surface area contributed by atoms with E-state index in [-0.39, 0.29) is 5.92 Å². The summed E-state index contributed by atoms with van der Waals surface area (Å²) in [4.78, 5) is 18.4. The van der Waals surface area contributed by atoms with Gasteiger partial charge in [0.1, 0.15) is 11.9 Å². The summed E-state index contributed by atoms with van der Waals surface area (Å²) < 4.78 is 15.8. The third-order valence-corrected chi connectivity index (χ3v) is 5.37. The molecule has 0 unspecified atom stereocenters. The smallest absolute Gasteiger partial charge is 0.223 e. The second-order valence-corrected chi connectivity index (χ2v) is 7.22. The molecule has 4 rings (SSSR count). The number of nitrogens with two attached hydrogens (primary N) is 1. The average molecular weight is 378 g/mol. The first-order valence-corrected chi connectivity index (χ1v) is 8.90. The number of rotatable bonds is 3. The quantitative estimate of drug-likeness (QED) is 0.751. The van der Waals surface area contributed by atoms with Gasteiger partial charge in [0.05, 0.1) is 28.9 Å². The van der Waals surface area contributed by atoms with E-state index < -0.39 is 17.6 Å². The summed E-state index contributed by atoms with van der Waals surface area (Å²) in [6, 6.07) is 4.95. The van der Waals surface area contributed by atoms with Gasteiger partial charge in [-0.1, -0.05) is 0 Å². The zero-order valence-electron chi connectivity index (χ0n) is 15.6. The third-order valence-electron chi connectivity index (χ3n) is 5.37. The molecule has 3 heterocycles. The van der Waals surface area contributed by atoms with Gasteiger partial charge >= 0.3 is 0 Å². The van der Waals surface area contributed by atoms with Crippen molar-refractivity contribution in [1.82, 2.24) is 14.8 Å². The van der Waals surface area contributed by atoms with Crippen molar-refractivity contribution in [2.75, 3.05) is 18.0 Å². The topological polar surface area (TPSA) is 101 Å². The van der Waals surface area contributed by atoms with Crippen LogP contribution in [0.4, 0.5) is 10.1 Å². The number of hydrogen-bond donors (Lipinski definition) is 1. The van der Waals surface area contributed by atoms with Crippen LogP contribution in [0, 0.1) is 30.0 Å². The van der Waals surface area contributed by atoms with Crippen molar-refractivity contribution in [2.45, 2.75) is 12.8 Å². The molecule has 8 heteroatoms. The number of primary amides is 1. The molecule has 0 radical (unpaired) electrons. The van der Waals surface area contributed by atoms with Crippen molar-refractivity contribution in [3.8, 4) is 6.07 Å². The van der Waals surface area contributed by atoms with Gasteiger partial charge in [-0.3, -0.25) is 14.5 Å². The van der Waals surface area contributed by atoms with E-state index in [1.54, 1.807) is 17.8 Å². The van der Waals surface area contributed by atoms with Gasteiger partial charge in [0.15, 0.2) is 0 Å². The van der Waals surface area contributed by atoms with E-state index in [1.165, 1.54) is 18.3 Å². The molecular formula is C20H19FN6O. The van der Waals surface area contributed by atoms with E-state index in [4.69, 9.17) is 5.73 Å². The number of anilines is 1. The van der Waals surface area contributed by atoms with Crippen molar-refractivity contribution in [1.29, 1.82) is 5.26 Å². The lowest BCUT2D eigenvalue weighted by molar-refractivity contribution is -0.121. The van der Waals surface area contributed by atoms with Crippen LogP contribution < -0.4 is 10.6 Å². The minimum absolute atomic E-state index is 0.157. The highest BCUT2D eigenvalue weighted by molar-refractivity contribution is 5.96. The molecule has 28 heavy (non-hydrogen) atoms. The molecule has 2 atom stereocenters. The van der Waals surface area contributed by atoms with E-state index in [0.29, 0.717) is 40.8 Å². The van der Waals surface area contributed by atoms with Gasteiger partial charge in [-0.25, -0.2) is 4.39 Å². The minimum Gasteiger partial charge on any atom is -0.369 e. The molecule has 0 aliphatic carbocycles. The Balaban J connectivity index is 1.86. The predicted molar refractivity (Wildman–Crippen MR) is 102 cm³/mol. The number of aryl methyl sites for hydroxylation is 2. The molecule has 7 nitrogen and oxygen atoms in total. The van der Waals surface area contributed by atoms with Crippen LogP contribution in [0.5, 0.6) is 0 Å². The maximum absolute atomic E-state index is 14.1. The average Bonchev–Trinajstić information content (AvgIpc) is 3.26. The Morgan fingerprint density at radius 2 is 2.14 bits per heavy atom. The first-order valence-electron chi connectivity index (χ1n) is 8.90. The van der Waals surface area contributed by atoms with Gasteiger partial charge in [0.25, 0.3) is 0 Å². The highest BCUT2D eigenvalue weighted by atomic mass is 19.1. The highest BCUT2D eigenvalue weighted by Gasteiger charge is 2.39.